The number of anilines is 1. The van der Waals surface area contributed by atoms with Crippen LogP contribution in [-0.4, -0.2) is 26.8 Å². The molecule has 0 bridgehead atoms. The lowest BCUT2D eigenvalue weighted by molar-refractivity contribution is -0.113. The Kier molecular flexibility index (Phi) is 5.70. The number of thiazole rings is 1. The molecule has 2 aromatic heterocycles. The summed E-state index contributed by atoms with van der Waals surface area (Å²) in [7, 11) is 0. The number of hydrogen-bond donors (Lipinski definition) is 1. The predicted molar refractivity (Wildman–Crippen MR) is 112 cm³/mol. The van der Waals surface area contributed by atoms with E-state index in [1.54, 1.807) is 24.3 Å². The van der Waals surface area contributed by atoms with E-state index in [1.165, 1.54) is 23.1 Å². The smallest absolute Gasteiger partial charge is 0.277 e. The highest BCUT2D eigenvalue weighted by Gasteiger charge is 2.13. The van der Waals surface area contributed by atoms with Crippen molar-refractivity contribution in [1.82, 2.24) is 15.2 Å². The van der Waals surface area contributed by atoms with Gasteiger partial charge in [0.25, 0.3) is 5.22 Å². The standard InChI is InChI=1S/C19H13ClN4O2S2/c20-14-8-6-13(7-9-14)17-23-24-19(26-17)28-11-16(25)22-18-21-15(10-27-18)12-4-2-1-3-5-12/h1-10H,11H2,(H,21,22,25). The maximum atomic E-state index is 12.2. The first-order valence-electron chi connectivity index (χ1n) is 8.20. The molecule has 9 heteroatoms. The molecule has 0 aliphatic heterocycles. The van der Waals surface area contributed by atoms with Crippen LogP contribution in [0.25, 0.3) is 22.7 Å². The van der Waals surface area contributed by atoms with Gasteiger partial charge in [0, 0.05) is 21.5 Å². The van der Waals surface area contributed by atoms with Gasteiger partial charge in [0.1, 0.15) is 0 Å². The van der Waals surface area contributed by atoms with Crippen LogP contribution in [0.3, 0.4) is 0 Å². The molecule has 0 saturated carbocycles. The molecule has 0 atom stereocenters. The van der Waals surface area contributed by atoms with Gasteiger partial charge >= 0.3 is 0 Å². The van der Waals surface area contributed by atoms with Crippen LogP contribution in [0.5, 0.6) is 0 Å². The Balaban J connectivity index is 1.33. The molecular formula is C19H13ClN4O2S2. The Morgan fingerprint density at radius 3 is 2.64 bits per heavy atom. The molecule has 0 aliphatic carbocycles. The molecule has 0 fully saturated rings. The molecule has 0 spiro atoms. The Labute approximate surface area is 174 Å². The molecule has 2 aromatic carbocycles. The van der Waals surface area contributed by atoms with Gasteiger partial charge in [0.15, 0.2) is 5.13 Å². The zero-order valence-electron chi connectivity index (χ0n) is 14.3. The minimum Gasteiger partial charge on any atom is -0.411 e. The Bertz CT molecular complexity index is 1080. The number of nitrogens with one attached hydrogen (secondary N) is 1. The molecule has 4 rings (SSSR count). The van der Waals surface area contributed by atoms with E-state index in [-0.39, 0.29) is 11.7 Å². The second-order valence-corrected chi connectivity index (χ2v) is 7.84. The maximum Gasteiger partial charge on any atom is 0.277 e. The number of amides is 1. The number of rotatable bonds is 6. The quantitative estimate of drug-likeness (QED) is 0.423. The fourth-order valence-electron chi connectivity index (χ4n) is 2.33. The van der Waals surface area contributed by atoms with Gasteiger partial charge in [0.05, 0.1) is 11.4 Å². The number of benzene rings is 2. The fourth-order valence-corrected chi connectivity index (χ4v) is 3.76. The third-order valence-electron chi connectivity index (χ3n) is 3.64. The lowest BCUT2D eigenvalue weighted by atomic mass is 10.2. The van der Waals surface area contributed by atoms with Crippen molar-refractivity contribution in [1.29, 1.82) is 0 Å². The van der Waals surface area contributed by atoms with Crippen molar-refractivity contribution in [2.45, 2.75) is 5.22 Å². The highest BCUT2D eigenvalue weighted by molar-refractivity contribution is 7.99. The van der Waals surface area contributed by atoms with Crippen molar-refractivity contribution < 1.29 is 9.21 Å². The van der Waals surface area contributed by atoms with Crippen LogP contribution in [-0.2, 0) is 4.79 Å². The minimum atomic E-state index is -0.190. The number of aromatic nitrogens is 3. The van der Waals surface area contributed by atoms with Crippen LogP contribution in [0, 0.1) is 0 Å². The normalized spacial score (nSPS) is 10.8. The van der Waals surface area contributed by atoms with Crippen molar-refractivity contribution in [2.24, 2.45) is 0 Å². The van der Waals surface area contributed by atoms with Gasteiger partial charge in [-0.1, -0.05) is 53.7 Å². The third kappa shape index (κ3) is 4.59. The monoisotopic (exact) mass is 428 g/mol. The van der Waals surface area contributed by atoms with Gasteiger partial charge < -0.3 is 9.73 Å². The number of halogens is 1. The van der Waals surface area contributed by atoms with Gasteiger partial charge in [0.2, 0.25) is 11.8 Å². The first-order chi connectivity index (χ1) is 13.7. The number of carbonyl (C=O) groups is 1. The molecule has 4 aromatic rings. The SMILES string of the molecule is O=C(CSc1nnc(-c2ccc(Cl)cc2)o1)Nc1nc(-c2ccccc2)cs1. The molecule has 0 aliphatic rings. The van der Waals surface area contributed by atoms with Crippen molar-refractivity contribution in [3.63, 3.8) is 0 Å². The van der Waals surface area contributed by atoms with Gasteiger partial charge in [-0.3, -0.25) is 4.79 Å². The Morgan fingerprint density at radius 1 is 1.07 bits per heavy atom. The number of thioether (sulfide) groups is 1. The van der Waals surface area contributed by atoms with Crippen molar-refractivity contribution in [3.05, 3.63) is 65.0 Å². The van der Waals surface area contributed by atoms with Crippen LogP contribution in [0.15, 0.2) is 69.6 Å². The summed E-state index contributed by atoms with van der Waals surface area (Å²) in [6.07, 6.45) is 0. The second kappa shape index (κ2) is 8.55. The number of nitrogens with zero attached hydrogens (tertiary/aromatic N) is 3. The highest BCUT2D eigenvalue weighted by atomic mass is 35.5. The van der Waals surface area contributed by atoms with Gasteiger partial charge in [-0.15, -0.1) is 21.5 Å². The average molecular weight is 429 g/mol. The highest BCUT2D eigenvalue weighted by Crippen LogP contribution is 2.26. The first-order valence-corrected chi connectivity index (χ1v) is 10.4. The molecule has 1 N–H and O–H groups in total. The summed E-state index contributed by atoms with van der Waals surface area (Å²) >= 11 is 8.42. The molecule has 1 amide bonds. The van der Waals surface area contributed by atoms with Crippen LogP contribution < -0.4 is 5.32 Å². The van der Waals surface area contributed by atoms with E-state index in [0.717, 1.165) is 16.8 Å². The van der Waals surface area contributed by atoms with E-state index in [4.69, 9.17) is 16.0 Å². The molecular weight excluding hydrogens is 416 g/mol. The predicted octanol–water partition coefficient (Wildman–Crippen LogP) is 5.24. The van der Waals surface area contributed by atoms with E-state index >= 15 is 0 Å². The molecule has 0 saturated heterocycles. The third-order valence-corrected chi connectivity index (χ3v) is 5.47. The largest absolute Gasteiger partial charge is 0.411 e. The van der Waals surface area contributed by atoms with Crippen molar-refractivity contribution >= 4 is 45.7 Å². The van der Waals surface area contributed by atoms with Crippen molar-refractivity contribution in [2.75, 3.05) is 11.1 Å². The Hall–Kier alpha value is -2.68. The maximum absolute atomic E-state index is 12.2. The molecule has 2 heterocycles. The molecule has 28 heavy (non-hydrogen) atoms. The summed E-state index contributed by atoms with van der Waals surface area (Å²) in [5.41, 5.74) is 2.61. The summed E-state index contributed by atoms with van der Waals surface area (Å²) < 4.78 is 5.58. The van der Waals surface area contributed by atoms with Crippen LogP contribution in [0.1, 0.15) is 0 Å². The van der Waals surface area contributed by atoms with Gasteiger partial charge in [-0.05, 0) is 24.3 Å². The zero-order valence-corrected chi connectivity index (χ0v) is 16.7. The van der Waals surface area contributed by atoms with Crippen LogP contribution in [0.2, 0.25) is 5.02 Å². The lowest BCUT2D eigenvalue weighted by Gasteiger charge is -1.99. The van der Waals surface area contributed by atoms with E-state index < -0.39 is 0 Å². The van der Waals surface area contributed by atoms with E-state index in [2.05, 4.69) is 20.5 Å². The minimum absolute atomic E-state index is 0.141. The molecule has 6 nitrogen and oxygen atoms in total. The summed E-state index contributed by atoms with van der Waals surface area (Å²) in [6.45, 7) is 0. The summed E-state index contributed by atoms with van der Waals surface area (Å²) in [5, 5.41) is 14.2. The summed E-state index contributed by atoms with van der Waals surface area (Å²) in [5.74, 6) is 0.333. The summed E-state index contributed by atoms with van der Waals surface area (Å²) in [4.78, 5) is 16.6. The van der Waals surface area contributed by atoms with Crippen LogP contribution in [0.4, 0.5) is 5.13 Å². The topological polar surface area (TPSA) is 80.9 Å². The number of carbonyl (C=O) groups excluding carboxylic acids is 1. The molecule has 0 radical (unpaired) electrons. The van der Waals surface area contributed by atoms with E-state index in [0.29, 0.717) is 21.3 Å². The van der Waals surface area contributed by atoms with Crippen molar-refractivity contribution in [3.8, 4) is 22.7 Å². The fraction of sp³-hybridized carbons (Fsp3) is 0.0526. The van der Waals surface area contributed by atoms with Crippen LogP contribution >= 0.6 is 34.7 Å². The van der Waals surface area contributed by atoms with Gasteiger partial charge in [-0.2, -0.15) is 0 Å². The first kappa shape index (κ1) is 18.7. The summed E-state index contributed by atoms with van der Waals surface area (Å²) in [6, 6.07) is 16.9. The van der Waals surface area contributed by atoms with E-state index in [9.17, 15) is 4.79 Å². The molecule has 0 unspecified atom stereocenters. The lowest BCUT2D eigenvalue weighted by Crippen LogP contribution is -2.13. The van der Waals surface area contributed by atoms with Gasteiger partial charge in [-0.25, -0.2) is 4.98 Å². The molecule has 140 valence electrons. The Morgan fingerprint density at radius 2 is 1.86 bits per heavy atom. The van der Waals surface area contributed by atoms with E-state index in [1.807, 2.05) is 35.7 Å². The average Bonchev–Trinajstić information content (AvgIpc) is 3.37. The second-order valence-electron chi connectivity index (χ2n) is 5.62. The zero-order chi connectivity index (χ0) is 19.3. The number of hydrogen-bond acceptors (Lipinski definition) is 7.